The highest BCUT2D eigenvalue weighted by Crippen LogP contribution is 2.28. The largest absolute Gasteiger partial charge is 0.497 e. The van der Waals surface area contributed by atoms with Crippen molar-refractivity contribution in [2.45, 2.75) is 6.04 Å². The average molecular weight is 461 g/mol. The van der Waals surface area contributed by atoms with Gasteiger partial charge in [0.25, 0.3) is 5.91 Å². The molecule has 0 aromatic heterocycles. The molecule has 0 saturated heterocycles. The van der Waals surface area contributed by atoms with E-state index in [9.17, 15) is 4.79 Å². The van der Waals surface area contributed by atoms with Gasteiger partial charge in [-0.1, -0.05) is 54.1 Å². The van der Waals surface area contributed by atoms with Crippen LogP contribution in [0.1, 0.15) is 17.2 Å². The molecule has 3 aromatic carbocycles. The lowest BCUT2D eigenvalue weighted by molar-refractivity contribution is -0.123. The summed E-state index contributed by atoms with van der Waals surface area (Å²) in [7, 11) is 1.62. The van der Waals surface area contributed by atoms with Crippen molar-refractivity contribution in [3.8, 4) is 11.5 Å². The van der Waals surface area contributed by atoms with E-state index in [1.165, 1.54) is 0 Å². The maximum absolute atomic E-state index is 12.6. The lowest BCUT2D eigenvalue weighted by Gasteiger charge is -2.20. The van der Waals surface area contributed by atoms with Crippen LogP contribution < -0.4 is 14.8 Å². The van der Waals surface area contributed by atoms with Crippen LogP contribution in [0.5, 0.6) is 11.5 Å². The summed E-state index contributed by atoms with van der Waals surface area (Å²) in [6.45, 7) is -0.111. The Morgan fingerprint density at radius 1 is 1.04 bits per heavy atom. The van der Waals surface area contributed by atoms with Crippen molar-refractivity contribution < 1.29 is 14.3 Å². The Bertz CT molecular complexity index is 932. The predicted octanol–water partition coefficient (Wildman–Crippen LogP) is 5.40. The van der Waals surface area contributed by atoms with Crippen molar-refractivity contribution in [3.05, 3.63) is 93.4 Å². The minimum atomic E-state index is -0.295. The Balaban J connectivity index is 1.74. The van der Waals surface area contributed by atoms with Crippen LogP contribution in [0.2, 0.25) is 5.02 Å². The van der Waals surface area contributed by atoms with E-state index in [1.54, 1.807) is 25.3 Å². The summed E-state index contributed by atoms with van der Waals surface area (Å²) in [6.07, 6.45) is 0. The van der Waals surface area contributed by atoms with Gasteiger partial charge in [0, 0.05) is 5.02 Å². The van der Waals surface area contributed by atoms with Gasteiger partial charge in [-0.2, -0.15) is 0 Å². The van der Waals surface area contributed by atoms with Crippen molar-refractivity contribution in [2.24, 2.45) is 0 Å². The second-order valence-corrected chi connectivity index (χ2v) is 7.34. The summed E-state index contributed by atoms with van der Waals surface area (Å²) >= 11 is 9.31. The topological polar surface area (TPSA) is 47.6 Å². The number of methoxy groups -OCH3 is 1. The first-order valence-electron chi connectivity index (χ1n) is 8.63. The van der Waals surface area contributed by atoms with Gasteiger partial charge in [0.05, 0.1) is 17.6 Å². The number of hydrogen-bond donors (Lipinski definition) is 1. The smallest absolute Gasteiger partial charge is 0.258 e. The summed E-state index contributed by atoms with van der Waals surface area (Å²) in [6, 6.07) is 22.3. The second kappa shape index (κ2) is 9.62. The molecule has 0 fully saturated rings. The third-order valence-electron chi connectivity index (χ3n) is 4.14. The van der Waals surface area contributed by atoms with Crippen molar-refractivity contribution in [3.63, 3.8) is 0 Å². The fourth-order valence-corrected chi connectivity index (χ4v) is 3.54. The molecule has 0 radical (unpaired) electrons. The molecule has 0 bridgehead atoms. The van der Waals surface area contributed by atoms with Crippen LogP contribution in [0.25, 0.3) is 0 Å². The number of rotatable bonds is 7. The standard InChI is InChI=1S/C22H19BrClNO3/c1-27-18-10-7-16(8-11-18)22(15-5-3-2-4-6-15)25-21(26)14-28-20-12-9-17(24)13-19(20)23/h2-13,22H,14H2,1H3,(H,25,26)/t22-/m0/s1. The maximum Gasteiger partial charge on any atom is 0.258 e. The number of carbonyl (C=O) groups excluding carboxylic acids is 1. The first-order valence-corrected chi connectivity index (χ1v) is 9.80. The highest BCUT2D eigenvalue weighted by Gasteiger charge is 2.17. The highest BCUT2D eigenvalue weighted by atomic mass is 79.9. The number of ether oxygens (including phenoxy) is 2. The zero-order valence-corrected chi connectivity index (χ0v) is 17.5. The Morgan fingerprint density at radius 2 is 1.71 bits per heavy atom. The number of carbonyl (C=O) groups is 1. The van der Waals surface area contributed by atoms with Gasteiger partial charge in [-0.05, 0) is 57.4 Å². The lowest BCUT2D eigenvalue weighted by atomic mass is 9.98. The molecule has 0 heterocycles. The quantitative estimate of drug-likeness (QED) is 0.514. The van der Waals surface area contributed by atoms with Gasteiger partial charge in [0.2, 0.25) is 0 Å². The van der Waals surface area contributed by atoms with Gasteiger partial charge >= 0.3 is 0 Å². The average Bonchev–Trinajstić information content (AvgIpc) is 2.72. The maximum atomic E-state index is 12.6. The minimum absolute atomic E-state index is 0.111. The molecule has 0 aliphatic rings. The van der Waals surface area contributed by atoms with Gasteiger partial charge in [-0.25, -0.2) is 0 Å². The minimum Gasteiger partial charge on any atom is -0.497 e. The second-order valence-electron chi connectivity index (χ2n) is 6.05. The molecular formula is C22H19BrClNO3. The number of amides is 1. The van der Waals surface area contributed by atoms with Crippen molar-refractivity contribution >= 4 is 33.4 Å². The van der Waals surface area contributed by atoms with Crippen LogP contribution >= 0.6 is 27.5 Å². The van der Waals surface area contributed by atoms with Gasteiger partial charge in [-0.15, -0.1) is 0 Å². The number of nitrogens with one attached hydrogen (secondary N) is 1. The summed E-state index contributed by atoms with van der Waals surface area (Å²) in [5.41, 5.74) is 1.93. The van der Waals surface area contributed by atoms with Crippen LogP contribution in [0.15, 0.2) is 77.3 Å². The summed E-state index contributed by atoms with van der Waals surface area (Å²) in [5, 5.41) is 3.63. The highest BCUT2D eigenvalue weighted by molar-refractivity contribution is 9.10. The number of benzene rings is 3. The molecule has 0 unspecified atom stereocenters. The van der Waals surface area contributed by atoms with Gasteiger partial charge < -0.3 is 14.8 Å². The summed E-state index contributed by atoms with van der Waals surface area (Å²) in [5.74, 6) is 1.09. The van der Waals surface area contributed by atoms with Crippen LogP contribution in [0, 0.1) is 0 Å². The molecule has 1 atom stereocenters. The number of halogens is 2. The SMILES string of the molecule is COc1ccc([C@@H](NC(=O)COc2ccc(Cl)cc2Br)c2ccccc2)cc1. The van der Waals surface area contributed by atoms with E-state index in [0.717, 1.165) is 16.9 Å². The molecule has 28 heavy (non-hydrogen) atoms. The third kappa shape index (κ3) is 5.27. The molecule has 0 aliphatic heterocycles. The van der Waals surface area contributed by atoms with Crippen molar-refractivity contribution in [1.82, 2.24) is 5.32 Å². The van der Waals surface area contributed by atoms with E-state index >= 15 is 0 Å². The molecular weight excluding hydrogens is 442 g/mol. The van der Waals surface area contributed by atoms with E-state index in [4.69, 9.17) is 21.1 Å². The fraction of sp³-hybridized carbons (Fsp3) is 0.136. The van der Waals surface area contributed by atoms with Crippen LogP contribution in [0.3, 0.4) is 0 Å². The molecule has 3 aromatic rings. The van der Waals surface area contributed by atoms with E-state index in [0.29, 0.717) is 15.2 Å². The molecule has 6 heteroatoms. The zero-order chi connectivity index (χ0) is 19.9. The zero-order valence-electron chi connectivity index (χ0n) is 15.2. The molecule has 144 valence electrons. The molecule has 1 N–H and O–H groups in total. The normalized spacial score (nSPS) is 11.5. The third-order valence-corrected chi connectivity index (χ3v) is 4.99. The number of hydrogen-bond acceptors (Lipinski definition) is 3. The summed E-state index contributed by atoms with van der Waals surface area (Å²) in [4.78, 5) is 12.6. The predicted molar refractivity (Wildman–Crippen MR) is 114 cm³/mol. The Kier molecular flexibility index (Phi) is 6.95. The van der Waals surface area contributed by atoms with Gasteiger partial charge in [-0.3, -0.25) is 4.79 Å². The van der Waals surface area contributed by atoms with Crippen molar-refractivity contribution in [1.29, 1.82) is 0 Å². The Morgan fingerprint density at radius 3 is 2.36 bits per heavy atom. The van der Waals surface area contributed by atoms with E-state index in [2.05, 4.69) is 21.2 Å². The lowest BCUT2D eigenvalue weighted by Crippen LogP contribution is -2.33. The molecule has 0 saturated carbocycles. The first kappa shape index (κ1) is 20.2. The molecule has 0 aliphatic carbocycles. The Hall–Kier alpha value is -2.50. The van der Waals surface area contributed by atoms with E-state index < -0.39 is 0 Å². The van der Waals surface area contributed by atoms with Crippen LogP contribution in [0.4, 0.5) is 0 Å². The fourth-order valence-electron chi connectivity index (χ4n) is 2.74. The van der Waals surface area contributed by atoms with Gasteiger partial charge in [0.1, 0.15) is 11.5 Å². The molecule has 4 nitrogen and oxygen atoms in total. The van der Waals surface area contributed by atoms with Crippen LogP contribution in [-0.4, -0.2) is 19.6 Å². The van der Waals surface area contributed by atoms with Crippen molar-refractivity contribution in [2.75, 3.05) is 13.7 Å². The van der Waals surface area contributed by atoms with E-state index in [-0.39, 0.29) is 18.6 Å². The van der Waals surface area contributed by atoms with Gasteiger partial charge in [0.15, 0.2) is 6.61 Å². The van der Waals surface area contributed by atoms with E-state index in [1.807, 2.05) is 54.6 Å². The Labute approximate surface area is 177 Å². The molecule has 3 rings (SSSR count). The monoisotopic (exact) mass is 459 g/mol. The summed E-state index contributed by atoms with van der Waals surface area (Å²) < 4.78 is 11.5. The van der Waals surface area contributed by atoms with Crippen LogP contribution in [-0.2, 0) is 4.79 Å². The molecule has 1 amide bonds. The molecule has 0 spiro atoms. The first-order chi connectivity index (χ1) is 13.6.